The number of phenolic OH excluding ortho intramolecular Hbond substituents is 1. The summed E-state index contributed by atoms with van der Waals surface area (Å²) < 4.78 is 5.26. The van der Waals surface area contributed by atoms with E-state index in [1.807, 2.05) is 0 Å². The van der Waals surface area contributed by atoms with E-state index in [-0.39, 0.29) is 11.7 Å². The van der Waals surface area contributed by atoms with E-state index in [0.29, 0.717) is 12.3 Å². The van der Waals surface area contributed by atoms with Crippen molar-refractivity contribution in [2.24, 2.45) is 5.41 Å². The topological polar surface area (TPSA) is 70.6 Å². The minimum atomic E-state index is -0.466. The second-order valence-corrected chi connectivity index (χ2v) is 5.42. The van der Waals surface area contributed by atoms with Crippen LogP contribution in [0.1, 0.15) is 18.4 Å². The number of hydrogen-bond donors (Lipinski definition) is 3. The Hall–Kier alpha value is -1.59. The van der Waals surface area contributed by atoms with Crippen molar-refractivity contribution in [1.82, 2.24) is 5.32 Å². The molecule has 5 heteroatoms. The fourth-order valence-electron chi connectivity index (χ4n) is 2.62. The van der Waals surface area contributed by atoms with Crippen LogP contribution in [0.25, 0.3) is 0 Å². The fraction of sp³-hybridized carbons (Fsp3) is 0.533. The van der Waals surface area contributed by atoms with Crippen LogP contribution in [0, 0.1) is 12.3 Å². The minimum absolute atomic E-state index is 0.00839. The van der Waals surface area contributed by atoms with Crippen molar-refractivity contribution in [3.05, 3.63) is 23.8 Å². The molecule has 1 heterocycles. The molecule has 1 aliphatic rings. The predicted octanol–water partition coefficient (Wildman–Crippen LogP) is 1.66. The molecule has 1 amide bonds. The van der Waals surface area contributed by atoms with Gasteiger partial charge in [0, 0.05) is 12.8 Å². The van der Waals surface area contributed by atoms with E-state index in [4.69, 9.17) is 4.74 Å². The van der Waals surface area contributed by atoms with Crippen LogP contribution >= 0.6 is 0 Å². The second-order valence-electron chi connectivity index (χ2n) is 5.42. The molecule has 0 aromatic heterocycles. The van der Waals surface area contributed by atoms with E-state index in [1.54, 1.807) is 32.2 Å². The molecule has 0 aliphatic carbocycles. The number of amides is 1. The molecule has 5 nitrogen and oxygen atoms in total. The quantitative estimate of drug-likeness (QED) is 0.733. The van der Waals surface area contributed by atoms with Gasteiger partial charge in [0.2, 0.25) is 5.91 Å². The van der Waals surface area contributed by atoms with Gasteiger partial charge in [-0.15, -0.1) is 0 Å². The summed E-state index contributed by atoms with van der Waals surface area (Å²) in [5, 5.41) is 15.7. The number of anilines is 1. The molecule has 0 saturated carbocycles. The summed E-state index contributed by atoms with van der Waals surface area (Å²) in [5.41, 5.74) is 0.986. The molecule has 1 aliphatic heterocycles. The number of nitrogens with one attached hydrogen (secondary N) is 2. The van der Waals surface area contributed by atoms with E-state index in [1.165, 1.54) is 0 Å². The van der Waals surface area contributed by atoms with Crippen LogP contribution in [0.3, 0.4) is 0 Å². The zero-order chi connectivity index (χ0) is 14.6. The summed E-state index contributed by atoms with van der Waals surface area (Å²) in [6.45, 7) is 3.88. The monoisotopic (exact) mass is 278 g/mol. The van der Waals surface area contributed by atoms with Crippen LogP contribution in [0.2, 0.25) is 0 Å². The number of ether oxygens (including phenoxy) is 1. The largest absolute Gasteiger partial charge is 0.508 e. The van der Waals surface area contributed by atoms with Gasteiger partial charge in [-0.05, 0) is 56.6 Å². The Morgan fingerprint density at radius 2 is 2.15 bits per heavy atom. The Balaban J connectivity index is 2.13. The van der Waals surface area contributed by atoms with Crippen LogP contribution in [0.5, 0.6) is 5.75 Å². The van der Waals surface area contributed by atoms with Gasteiger partial charge in [0.1, 0.15) is 5.75 Å². The van der Waals surface area contributed by atoms with Crippen LogP contribution in [0.4, 0.5) is 5.69 Å². The third-order valence-corrected chi connectivity index (χ3v) is 3.92. The average molecular weight is 278 g/mol. The summed E-state index contributed by atoms with van der Waals surface area (Å²) >= 11 is 0. The molecule has 1 aromatic rings. The van der Waals surface area contributed by atoms with Crippen LogP contribution < -0.4 is 10.6 Å². The fourth-order valence-corrected chi connectivity index (χ4v) is 2.62. The lowest BCUT2D eigenvalue weighted by atomic mass is 9.78. The number of aryl methyl sites for hydroxylation is 1. The summed E-state index contributed by atoms with van der Waals surface area (Å²) in [5.74, 6) is 0.224. The van der Waals surface area contributed by atoms with Gasteiger partial charge < -0.3 is 20.5 Å². The van der Waals surface area contributed by atoms with E-state index < -0.39 is 5.41 Å². The van der Waals surface area contributed by atoms with Crippen LogP contribution in [0.15, 0.2) is 18.2 Å². The molecule has 0 spiro atoms. The summed E-state index contributed by atoms with van der Waals surface area (Å²) in [6, 6.07) is 5.08. The molecular weight excluding hydrogens is 256 g/mol. The van der Waals surface area contributed by atoms with E-state index >= 15 is 0 Å². The van der Waals surface area contributed by atoms with Crippen molar-refractivity contribution in [1.29, 1.82) is 0 Å². The SMILES string of the molecule is COCC1(C(=O)Nc2ccc(O)c(C)c2)CCNCC1. The lowest BCUT2D eigenvalue weighted by Crippen LogP contribution is -2.47. The van der Waals surface area contributed by atoms with Gasteiger partial charge in [0.05, 0.1) is 12.0 Å². The number of aromatic hydroxyl groups is 1. The first-order chi connectivity index (χ1) is 9.57. The first kappa shape index (κ1) is 14.8. The molecule has 1 saturated heterocycles. The molecule has 0 radical (unpaired) electrons. The van der Waals surface area contributed by atoms with Gasteiger partial charge in [-0.1, -0.05) is 0 Å². The third-order valence-electron chi connectivity index (χ3n) is 3.92. The van der Waals surface area contributed by atoms with E-state index in [2.05, 4.69) is 10.6 Å². The van der Waals surface area contributed by atoms with Gasteiger partial charge in [-0.25, -0.2) is 0 Å². The van der Waals surface area contributed by atoms with Crippen molar-refractivity contribution >= 4 is 11.6 Å². The second kappa shape index (κ2) is 6.24. The zero-order valence-corrected chi connectivity index (χ0v) is 12.0. The number of hydrogen-bond acceptors (Lipinski definition) is 4. The third kappa shape index (κ3) is 3.11. The van der Waals surface area contributed by atoms with Crippen molar-refractivity contribution < 1.29 is 14.6 Å². The molecule has 1 fully saturated rings. The molecule has 3 N–H and O–H groups in total. The average Bonchev–Trinajstić information content (AvgIpc) is 2.44. The van der Waals surface area contributed by atoms with Gasteiger partial charge in [0.15, 0.2) is 0 Å². The van der Waals surface area contributed by atoms with Gasteiger partial charge in [-0.3, -0.25) is 4.79 Å². The van der Waals surface area contributed by atoms with Gasteiger partial charge >= 0.3 is 0 Å². The smallest absolute Gasteiger partial charge is 0.233 e. The Bertz CT molecular complexity index is 476. The van der Waals surface area contributed by atoms with Crippen molar-refractivity contribution in [2.75, 3.05) is 32.1 Å². The molecule has 1 aromatic carbocycles. The Kier molecular flexibility index (Phi) is 4.62. The molecule has 0 atom stereocenters. The normalized spacial score (nSPS) is 17.7. The minimum Gasteiger partial charge on any atom is -0.508 e. The molecule has 110 valence electrons. The van der Waals surface area contributed by atoms with E-state index in [9.17, 15) is 9.90 Å². The molecule has 0 bridgehead atoms. The first-order valence-corrected chi connectivity index (χ1v) is 6.88. The lowest BCUT2D eigenvalue weighted by molar-refractivity contribution is -0.130. The summed E-state index contributed by atoms with van der Waals surface area (Å²) in [4.78, 5) is 12.6. The maximum Gasteiger partial charge on any atom is 0.233 e. The highest BCUT2D eigenvalue weighted by Crippen LogP contribution is 2.31. The van der Waals surface area contributed by atoms with Crippen LogP contribution in [-0.4, -0.2) is 37.8 Å². The Morgan fingerprint density at radius 1 is 1.45 bits per heavy atom. The Labute approximate surface area is 119 Å². The number of methoxy groups -OCH3 is 1. The van der Waals surface area contributed by atoms with Crippen molar-refractivity contribution in [3.8, 4) is 5.75 Å². The first-order valence-electron chi connectivity index (χ1n) is 6.88. The summed E-state index contributed by atoms with van der Waals surface area (Å²) in [6.07, 6.45) is 1.54. The highest BCUT2D eigenvalue weighted by Gasteiger charge is 2.39. The number of carbonyl (C=O) groups excluding carboxylic acids is 1. The maximum absolute atomic E-state index is 12.6. The number of benzene rings is 1. The highest BCUT2D eigenvalue weighted by atomic mass is 16.5. The standard InChI is InChI=1S/C15H22N2O3/c1-11-9-12(3-4-13(11)18)17-14(19)15(10-20-2)5-7-16-8-6-15/h3-4,9,16,18H,5-8,10H2,1-2H3,(H,17,19). The Morgan fingerprint density at radius 3 is 2.75 bits per heavy atom. The highest BCUT2D eigenvalue weighted by molar-refractivity contribution is 5.95. The molecular formula is C15H22N2O3. The number of rotatable bonds is 4. The number of piperidine rings is 1. The molecule has 2 rings (SSSR count). The summed E-state index contributed by atoms with van der Waals surface area (Å²) in [7, 11) is 1.63. The maximum atomic E-state index is 12.6. The van der Waals surface area contributed by atoms with Crippen molar-refractivity contribution in [3.63, 3.8) is 0 Å². The zero-order valence-electron chi connectivity index (χ0n) is 12.0. The lowest BCUT2D eigenvalue weighted by Gasteiger charge is -2.35. The van der Waals surface area contributed by atoms with Gasteiger partial charge in [0.25, 0.3) is 0 Å². The molecule has 0 unspecified atom stereocenters. The van der Waals surface area contributed by atoms with Gasteiger partial charge in [-0.2, -0.15) is 0 Å². The van der Waals surface area contributed by atoms with E-state index in [0.717, 1.165) is 31.5 Å². The predicted molar refractivity (Wildman–Crippen MR) is 77.9 cm³/mol. The number of carbonyl (C=O) groups is 1. The van der Waals surface area contributed by atoms with Crippen LogP contribution in [-0.2, 0) is 9.53 Å². The molecule has 20 heavy (non-hydrogen) atoms. The van der Waals surface area contributed by atoms with Crippen molar-refractivity contribution in [2.45, 2.75) is 19.8 Å². The number of phenols is 1.